The van der Waals surface area contributed by atoms with Gasteiger partial charge < -0.3 is 27.8 Å². The number of hydrogen-bond donors (Lipinski definition) is 0. The predicted molar refractivity (Wildman–Crippen MR) is 461 cm³/mol. The zero-order valence-electron chi connectivity index (χ0n) is 59.7. The largest absolute Gasteiger partial charge is 0.456 e. The molecule has 0 unspecified atom stereocenters. The molecule has 18 aromatic carbocycles. The van der Waals surface area contributed by atoms with Crippen LogP contribution in [0.15, 0.2) is 409 Å². The van der Waals surface area contributed by atoms with E-state index in [1.165, 1.54) is 65.3 Å². The maximum atomic E-state index is 7.17. The van der Waals surface area contributed by atoms with Crippen LogP contribution in [0.2, 0.25) is 0 Å². The molecule has 6 nitrogen and oxygen atoms in total. The molecule has 22 rings (SSSR count). The number of nitrogens with zero attached hydrogens (tertiary/aromatic N) is 4. The number of hydrogen-bond acceptors (Lipinski definition) is 4. The zero-order chi connectivity index (χ0) is 72.3. The zero-order valence-corrected chi connectivity index (χ0v) is 59.7. The minimum atomic E-state index is 0.805. The molecule has 514 valence electrons. The molecule has 0 saturated heterocycles. The van der Waals surface area contributed by atoms with E-state index in [0.29, 0.717) is 0 Å². The third kappa shape index (κ3) is 10.2. The van der Waals surface area contributed by atoms with Crippen molar-refractivity contribution in [1.29, 1.82) is 0 Å². The molecule has 0 radical (unpaired) electrons. The third-order valence-electron chi connectivity index (χ3n) is 22.4. The van der Waals surface area contributed by atoms with Crippen molar-refractivity contribution in [3.05, 3.63) is 400 Å². The van der Waals surface area contributed by atoms with Crippen LogP contribution in [0.1, 0.15) is 0 Å². The van der Waals surface area contributed by atoms with Crippen LogP contribution in [0.3, 0.4) is 0 Å². The lowest BCUT2D eigenvalue weighted by atomic mass is 9.92. The van der Waals surface area contributed by atoms with Crippen LogP contribution >= 0.6 is 0 Å². The summed E-state index contributed by atoms with van der Waals surface area (Å²) >= 11 is 0. The molecule has 0 aliphatic heterocycles. The molecule has 0 atom stereocenters. The van der Waals surface area contributed by atoms with Gasteiger partial charge in [0.25, 0.3) is 0 Å². The number of rotatable bonds is 13. The van der Waals surface area contributed by atoms with Gasteiger partial charge in [-0.2, -0.15) is 0 Å². The molecule has 0 amide bonds. The standard InChI is InChI=1S/C104H66N4O2/c1-4-25-67(26-5-1)68-51-55-77(56-52-68)105(94-48-24-50-97-102(94)89-43-16-19-49-96(89)109-97)78-36-21-32-73(62-78)84-44-23-47-93-101(84)90-59-53-70-29-10-13-41-85(70)104(90)108(93)80-38-20-31-71(61-80)72-54-58-86-87-60-57-81(66-99(87)110-98(86)65-72)106(91-45-17-14-39-82(91)69-27-6-2-7-28-69)79-37-22-33-75(63-79)100-83-40-12-11-30-74(83)64-95-103(100)88-42-15-18-46-92(88)107(95)76-34-8-3-9-35-76/h1-66H. The molecule has 0 aliphatic carbocycles. The summed E-state index contributed by atoms with van der Waals surface area (Å²) < 4.78 is 18.6. The van der Waals surface area contributed by atoms with E-state index in [1.54, 1.807) is 0 Å². The molecule has 0 aliphatic rings. The van der Waals surface area contributed by atoms with Gasteiger partial charge in [0.05, 0.1) is 38.8 Å². The van der Waals surface area contributed by atoms with E-state index in [0.717, 1.165) is 145 Å². The predicted octanol–water partition coefficient (Wildman–Crippen LogP) is 29.3. The molecule has 0 saturated carbocycles. The van der Waals surface area contributed by atoms with Gasteiger partial charge in [-0.05, 0) is 194 Å². The second kappa shape index (κ2) is 25.5. The third-order valence-corrected chi connectivity index (χ3v) is 22.4. The average molecular weight is 1400 g/mol. The van der Waals surface area contributed by atoms with Gasteiger partial charge in [0, 0.05) is 88.8 Å². The first-order valence-electron chi connectivity index (χ1n) is 37.6. The smallest absolute Gasteiger partial charge is 0.137 e. The number of fused-ring (bicyclic) bond motifs is 15. The first-order valence-corrected chi connectivity index (χ1v) is 37.6. The highest BCUT2D eigenvalue weighted by atomic mass is 16.3. The Labute approximate surface area is 634 Å². The molecular formula is C104H66N4O2. The molecule has 22 aromatic rings. The number of para-hydroxylation sites is 4. The average Bonchev–Trinajstić information content (AvgIpc) is 1.57. The Kier molecular flexibility index (Phi) is 14.5. The van der Waals surface area contributed by atoms with Crippen molar-refractivity contribution >= 4 is 143 Å². The Morgan fingerprint density at radius 2 is 0.727 bits per heavy atom. The van der Waals surface area contributed by atoms with Crippen LogP contribution in [0.25, 0.3) is 176 Å². The van der Waals surface area contributed by atoms with E-state index in [2.05, 4.69) is 413 Å². The quantitative estimate of drug-likeness (QED) is 0.115. The van der Waals surface area contributed by atoms with E-state index in [1.807, 2.05) is 6.07 Å². The van der Waals surface area contributed by atoms with Crippen molar-refractivity contribution in [2.24, 2.45) is 0 Å². The van der Waals surface area contributed by atoms with Crippen LogP contribution in [-0.4, -0.2) is 9.13 Å². The van der Waals surface area contributed by atoms with Crippen LogP contribution in [0, 0.1) is 0 Å². The van der Waals surface area contributed by atoms with Gasteiger partial charge in [-0.1, -0.05) is 267 Å². The maximum Gasteiger partial charge on any atom is 0.137 e. The summed E-state index contributed by atoms with van der Waals surface area (Å²) in [7, 11) is 0. The molecule has 0 spiro atoms. The van der Waals surface area contributed by atoms with Crippen LogP contribution in [0.4, 0.5) is 34.1 Å². The van der Waals surface area contributed by atoms with Crippen LogP contribution in [-0.2, 0) is 0 Å². The molecule has 0 N–H and O–H groups in total. The number of aromatic nitrogens is 2. The fourth-order valence-corrected chi connectivity index (χ4v) is 17.6. The Balaban J connectivity index is 0.663. The normalized spacial score (nSPS) is 11.8. The summed E-state index contributed by atoms with van der Waals surface area (Å²) in [6, 6.07) is 145. The van der Waals surface area contributed by atoms with Crippen LogP contribution < -0.4 is 9.80 Å². The summed E-state index contributed by atoms with van der Waals surface area (Å²) in [5, 5.41) is 13.8. The van der Waals surface area contributed by atoms with Gasteiger partial charge in [0.2, 0.25) is 0 Å². The van der Waals surface area contributed by atoms with Crippen molar-refractivity contribution in [2.75, 3.05) is 9.80 Å². The Morgan fingerprint density at radius 3 is 1.55 bits per heavy atom. The second-order valence-corrected chi connectivity index (χ2v) is 28.6. The van der Waals surface area contributed by atoms with Crippen molar-refractivity contribution in [3.63, 3.8) is 0 Å². The highest BCUT2D eigenvalue weighted by molar-refractivity contribution is 6.25. The Bertz CT molecular complexity index is 7410. The molecule has 110 heavy (non-hydrogen) atoms. The summed E-state index contributed by atoms with van der Waals surface area (Å²) in [6.45, 7) is 0. The first kappa shape index (κ1) is 62.6. The van der Waals surface area contributed by atoms with Crippen LogP contribution in [0.5, 0.6) is 0 Å². The van der Waals surface area contributed by atoms with E-state index >= 15 is 0 Å². The highest BCUT2D eigenvalue weighted by Crippen LogP contribution is 2.51. The van der Waals surface area contributed by atoms with E-state index in [4.69, 9.17) is 8.83 Å². The van der Waals surface area contributed by atoms with Gasteiger partial charge in [-0.15, -0.1) is 0 Å². The minimum Gasteiger partial charge on any atom is -0.456 e. The molecule has 4 heterocycles. The topological polar surface area (TPSA) is 42.6 Å². The summed E-state index contributed by atoms with van der Waals surface area (Å²) in [5.74, 6) is 0. The number of benzene rings is 18. The lowest BCUT2D eigenvalue weighted by Crippen LogP contribution is -2.11. The van der Waals surface area contributed by atoms with Crippen molar-refractivity contribution in [2.45, 2.75) is 0 Å². The van der Waals surface area contributed by atoms with Gasteiger partial charge in [0.15, 0.2) is 0 Å². The molecule has 0 bridgehead atoms. The number of anilines is 6. The Hall–Kier alpha value is -14.7. The number of furan rings is 2. The molecular weight excluding hydrogens is 1340 g/mol. The van der Waals surface area contributed by atoms with Crippen molar-refractivity contribution < 1.29 is 8.83 Å². The fraction of sp³-hybridized carbons (Fsp3) is 0. The first-order chi connectivity index (χ1) is 54.6. The highest BCUT2D eigenvalue weighted by Gasteiger charge is 2.27. The van der Waals surface area contributed by atoms with E-state index in [9.17, 15) is 0 Å². The minimum absolute atomic E-state index is 0.805. The van der Waals surface area contributed by atoms with Gasteiger partial charge in [-0.3, -0.25) is 0 Å². The van der Waals surface area contributed by atoms with Crippen molar-refractivity contribution in [1.82, 2.24) is 9.13 Å². The summed E-state index contributed by atoms with van der Waals surface area (Å²) in [6.07, 6.45) is 0. The lowest BCUT2D eigenvalue weighted by Gasteiger charge is -2.28. The molecule has 4 aromatic heterocycles. The summed E-state index contributed by atoms with van der Waals surface area (Å²) in [4.78, 5) is 4.80. The monoisotopic (exact) mass is 1400 g/mol. The lowest BCUT2D eigenvalue weighted by molar-refractivity contribution is 0.668. The van der Waals surface area contributed by atoms with Gasteiger partial charge >= 0.3 is 0 Å². The van der Waals surface area contributed by atoms with E-state index < -0.39 is 0 Å². The molecule has 0 fully saturated rings. The molecule has 6 heteroatoms. The SMILES string of the molecule is c1ccc(-c2ccc(N(c3cccc(-c4cccc5c4c4ccc6ccccc6c4n5-c4cccc(-c5ccc6c(c5)oc5cc(N(c7cccc(-c8c9ccccc9cc9c8c8ccccc8n9-c8ccccc8)c7)c7ccccc7-c7ccccc7)ccc56)c4)c3)c3cccc4oc5ccccc5c34)cc2)cc1. The van der Waals surface area contributed by atoms with Crippen molar-refractivity contribution in [3.8, 4) is 67.0 Å². The van der Waals surface area contributed by atoms with Gasteiger partial charge in [0.1, 0.15) is 22.3 Å². The maximum absolute atomic E-state index is 7.17. The van der Waals surface area contributed by atoms with E-state index in [-0.39, 0.29) is 0 Å². The fourth-order valence-electron chi connectivity index (χ4n) is 17.6. The Morgan fingerprint density at radius 1 is 0.209 bits per heavy atom. The van der Waals surface area contributed by atoms with Gasteiger partial charge in [-0.25, -0.2) is 0 Å². The summed E-state index contributed by atoms with van der Waals surface area (Å²) in [5.41, 5.74) is 27.6. The second-order valence-electron chi connectivity index (χ2n) is 28.6.